The van der Waals surface area contributed by atoms with Crippen LogP contribution in [-0.2, 0) is 5.41 Å². The third-order valence-electron chi connectivity index (χ3n) is 7.48. The smallest absolute Gasteiger partial charge is 0.0541 e. The van der Waals surface area contributed by atoms with Crippen LogP contribution in [0.2, 0.25) is 0 Å². The number of hydrogen-bond donors (Lipinski definition) is 0. The van der Waals surface area contributed by atoms with E-state index >= 15 is 0 Å². The quantitative estimate of drug-likeness (QED) is 0.162. The van der Waals surface area contributed by atoms with Crippen molar-refractivity contribution in [1.29, 1.82) is 0 Å². The Kier molecular flexibility index (Phi) is 7.59. The van der Waals surface area contributed by atoms with Gasteiger partial charge in [-0.25, -0.2) is 0 Å². The Balaban J connectivity index is 1.47. The van der Waals surface area contributed by atoms with E-state index in [0.717, 1.165) is 8.95 Å². The maximum Gasteiger partial charge on any atom is 0.0541 e. The van der Waals surface area contributed by atoms with Crippen molar-refractivity contribution in [3.8, 4) is 5.69 Å². The van der Waals surface area contributed by atoms with Crippen LogP contribution in [0.25, 0.3) is 51.8 Å². The molecule has 0 unspecified atom stereocenters. The van der Waals surface area contributed by atoms with E-state index in [2.05, 4.69) is 191 Å². The van der Waals surface area contributed by atoms with Gasteiger partial charge in [-0.3, -0.25) is 0 Å². The Hall–Kier alpha value is -3.66. The van der Waals surface area contributed by atoms with Gasteiger partial charge in [0.25, 0.3) is 0 Å². The van der Waals surface area contributed by atoms with E-state index in [1.165, 1.54) is 55.3 Å². The molecular formula is C38H31Br2N. The molecule has 1 aromatic heterocycles. The van der Waals surface area contributed by atoms with Crippen LogP contribution < -0.4 is 0 Å². The Bertz CT molecular complexity index is 1790. The molecule has 0 saturated heterocycles. The van der Waals surface area contributed by atoms with Gasteiger partial charge in [0, 0.05) is 25.4 Å². The van der Waals surface area contributed by atoms with E-state index in [1.54, 1.807) is 0 Å². The highest BCUT2D eigenvalue weighted by molar-refractivity contribution is 9.10. The van der Waals surface area contributed by atoms with Crippen LogP contribution in [0.4, 0.5) is 0 Å². The minimum atomic E-state index is 0.117. The molecule has 5 aromatic carbocycles. The fourth-order valence-corrected chi connectivity index (χ4v) is 5.72. The molecule has 0 radical (unpaired) electrons. The first-order valence-electron chi connectivity index (χ1n) is 13.8. The molecule has 6 rings (SSSR count). The molecule has 0 spiro atoms. The van der Waals surface area contributed by atoms with Crippen LogP contribution in [-0.4, -0.2) is 4.57 Å². The predicted molar refractivity (Wildman–Crippen MR) is 186 cm³/mol. The van der Waals surface area contributed by atoms with E-state index < -0.39 is 0 Å². The van der Waals surface area contributed by atoms with Gasteiger partial charge in [-0.05, 0) is 93.9 Å². The minimum absolute atomic E-state index is 0.117. The molecule has 0 amide bonds. The first-order chi connectivity index (χ1) is 19.7. The second-order valence-corrected chi connectivity index (χ2v) is 13.3. The second kappa shape index (κ2) is 11.3. The van der Waals surface area contributed by atoms with Gasteiger partial charge < -0.3 is 4.57 Å². The molecule has 0 atom stereocenters. The Morgan fingerprint density at radius 3 is 1.29 bits per heavy atom. The van der Waals surface area contributed by atoms with Crippen molar-refractivity contribution in [2.45, 2.75) is 26.2 Å². The molecule has 0 aliphatic heterocycles. The van der Waals surface area contributed by atoms with Gasteiger partial charge in [-0.15, -0.1) is 0 Å². The number of benzene rings is 5. The van der Waals surface area contributed by atoms with Crippen LogP contribution >= 0.6 is 31.9 Å². The van der Waals surface area contributed by atoms with Crippen molar-refractivity contribution in [3.63, 3.8) is 0 Å². The van der Waals surface area contributed by atoms with Crippen LogP contribution in [0.3, 0.4) is 0 Å². The number of halogens is 2. The largest absolute Gasteiger partial charge is 0.309 e. The topological polar surface area (TPSA) is 4.93 Å². The van der Waals surface area contributed by atoms with Crippen LogP contribution in [0.1, 0.15) is 48.6 Å². The second-order valence-electron chi connectivity index (χ2n) is 11.5. The van der Waals surface area contributed by atoms with Gasteiger partial charge >= 0.3 is 0 Å². The van der Waals surface area contributed by atoms with E-state index in [-0.39, 0.29) is 5.41 Å². The van der Waals surface area contributed by atoms with Crippen molar-refractivity contribution in [2.75, 3.05) is 0 Å². The van der Waals surface area contributed by atoms with Gasteiger partial charge in [0.15, 0.2) is 0 Å². The molecule has 202 valence electrons. The van der Waals surface area contributed by atoms with E-state index in [9.17, 15) is 0 Å². The summed E-state index contributed by atoms with van der Waals surface area (Å²) in [6, 6.07) is 39.4. The van der Waals surface area contributed by atoms with E-state index in [1.807, 2.05) is 0 Å². The van der Waals surface area contributed by atoms with Gasteiger partial charge in [-0.2, -0.15) is 0 Å². The monoisotopic (exact) mass is 659 g/mol. The molecule has 0 aliphatic rings. The van der Waals surface area contributed by atoms with Crippen molar-refractivity contribution in [2.24, 2.45) is 0 Å². The number of rotatable bonds is 5. The first kappa shape index (κ1) is 27.5. The number of nitrogens with zero attached hydrogens (tertiary/aromatic N) is 1. The number of fused-ring (bicyclic) bond motifs is 3. The molecule has 0 aliphatic carbocycles. The van der Waals surface area contributed by atoms with Gasteiger partial charge in [0.1, 0.15) is 0 Å². The third-order valence-corrected chi connectivity index (χ3v) is 8.54. The minimum Gasteiger partial charge on any atom is -0.309 e. The fourth-order valence-electron chi connectivity index (χ4n) is 5.19. The summed E-state index contributed by atoms with van der Waals surface area (Å²) in [5, 5.41) is 2.49. The Morgan fingerprint density at radius 1 is 0.488 bits per heavy atom. The molecule has 0 N–H and O–H groups in total. The third kappa shape index (κ3) is 6.02. The highest BCUT2D eigenvalue weighted by Crippen LogP contribution is 2.35. The maximum absolute atomic E-state index is 3.53. The summed E-state index contributed by atoms with van der Waals surface area (Å²) >= 11 is 7.05. The highest BCUT2D eigenvalue weighted by Gasteiger charge is 2.16. The maximum atomic E-state index is 3.53. The van der Waals surface area contributed by atoms with Gasteiger partial charge in [0.05, 0.1) is 11.0 Å². The van der Waals surface area contributed by atoms with Crippen LogP contribution in [0.5, 0.6) is 0 Å². The van der Waals surface area contributed by atoms with Crippen molar-refractivity contribution < 1.29 is 0 Å². The standard InChI is InChI=1S/C38H31Br2N/c1-38(2,3)30-14-20-33(21-15-30)41-36-22-12-28(6-4-26-8-16-31(39)17-9-26)24-34(36)35-25-29(13-23-37(35)41)7-5-27-10-18-32(40)19-11-27/h4-25H,1-3H3. The summed E-state index contributed by atoms with van der Waals surface area (Å²) in [5.41, 5.74) is 9.75. The summed E-state index contributed by atoms with van der Waals surface area (Å²) in [4.78, 5) is 0. The van der Waals surface area contributed by atoms with Crippen molar-refractivity contribution in [3.05, 3.63) is 146 Å². The average Bonchev–Trinajstić information content (AvgIpc) is 3.29. The molecule has 41 heavy (non-hydrogen) atoms. The molecule has 0 bridgehead atoms. The lowest BCUT2D eigenvalue weighted by atomic mass is 9.87. The van der Waals surface area contributed by atoms with Crippen LogP contribution in [0.15, 0.2) is 118 Å². The first-order valence-corrected chi connectivity index (χ1v) is 15.4. The molecular weight excluding hydrogens is 630 g/mol. The summed E-state index contributed by atoms with van der Waals surface area (Å²) < 4.78 is 4.57. The lowest BCUT2D eigenvalue weighted by molar-refractivity contribution is 0.590. The lowest BCUT2D eigenvalue weighted by Gasteiger charge is -2.19. The Morgan fingerprint density at radius 2 is 0.878 bits per heavy atom. The zero-order valence-electron chi connectivity index (χ0n) is 23.4. The summed E-state index contributed by atoms with van der Waals surface area (Å²) in [5.74, 6) is 0. The zero-order valence-corrected chi connectivity index (χ0v) is 26.6. The number of hydrogen-bond acceptors (Lipinski definition) is 0. The Labute approximate surface area is 259 Å². The fraction of sp³-hybridized carbons (Fsp3) is 0.105. The predicted octanol–water partition coefficient (Wildman–Crippen LogP) is 11.9. The average molecular weight is 661 g/mol. The van der Waals surface area contributed by atoms with Crippen LogP contribution in [0, 0.1) is 0 Å². The molecule has 0 fully saturated rings. The SMILES string of the molecule is CC(C)(C)c1ccc(-n2c3ccc(C=Cc4ccc(Br)cc4)cc3c3cc(C=Cc4ccc(Br)cc4)ccc32)cc1. The highest BCUT2D eigenvalue weighted by atomic mass is 79.9. The molecule has 1 nitrogen and oxygen atoms in total. The van der Waals surface area contributed by atoms with Gasteiger partial charge in [0.2, 0.25) is 0 Å². The summed E-state index contributed by atoms with van der Waals surface area (Å²) in [6.45, 7) is 6.78. The molecule has 1 heterocycles. The van der Waals surface area contributed by atoms with E-state index in [4.69, 9.17) is 0 Å². The molecule has 6 aromatic rings. The summed E-state index contributed by atoms with van der Waals surface area (Å²) in [7, 11) is 0. The lowest BCUT2D eigenvalue weighted by Crippen LogP contribution is -2.10. The van der Waals surface area contributed by atoms with Crippen molar-refractivity contribution >= 4 is 78.0 Å². The van der Waals surface area contributed by atoms with Gasteiger partial charge in [-0.1, -0.05) is 125 Å². The van der Waals surface area contributed by atoms with Crippen molar-refractivity contribution in [1.82, 2.24) is 4.57 Å². The van der Waals surface area contributed by atoms with E-state index in [0.29, 0.717) is 0 Å². The summed E-state index contributed by atoms with van der Waals surface area (Å²) in [6.07, 6.45) is 8.73. The molecule has 3 heteroatoms. The number of aromatic nitrogens is 1. The zero-order chi connectivity index (χ0) is 28.6. The molecule has 0 saturated carbocycles. The normalized spacial score (nSPS) is 12.3.